The smallest absolute Gasteiger partial charge is 0.256 e. The Morgan fingerprint density at radius 3 is 2.62 bits per heavy atom. The maximum Gasteiger partial charge on any atom is 0.256 e. The SMILES string of the molecule is CN(C1CC1)S(=O)(=O)c1scc(NC(=S)Nc2cccc(Cl)c2Cl)c1O. The van der Waals surface area contributed by atoms with Crippen molar-refractivity contribution in [1.82, 2.24) is 4.31 Å². The zero-order chi connectivity index (χ0) is 19.1. The summed E-state index contributed by atoms with van der Waals surface area (Å²) >= 11 is 18.2. The molecule has 0 radical (unpaired) electrons. The van der Waals surface area contributed by atoms with Crippen molar-refractivity contribution in [2.45, 2.75) is 23.1 Å². The molecule has 0 saturated heterocycles. The van der Waals surface area contributed by atoms with Gasteiger partial charge in [0.1, 0.15) is 0 Å². The molecule has 1 fully saturated rings. The van der Waals surface area contributed by atoms with Crippen LogP contribution in [-0.4, -0.2) is 36.0 Å². The second-order valence-electron chi connectivity index (χ2n) is 5.72. The summed E-state index contributed by atoms with van der Waals surface area (Å²) in [5, 5.41) is 18.3. The van der Waals surface area contributed by atoms with Crippen LogP contribution in [0.3, 0.4) is 0 Å². The summed E-state index contributed by atoms with van der Waals surface area (Å²) in [6, 6.07) is 5.05. The van der Waals surface area contributed by atoms with Crippen molar-refractivity contribution >= 4 is 73.3 Å². The van der Waals surface area contributed by atoms with Gasteiger partial charge in [-0.05, 0) is 37.2 Å². The highest BCUT2D eigenvalue weighted by Crippen LogP contribution is 2.41. The quantitative estimate of drug-likeness (QED) is 0.586. The molecule has 0 spiro atoms. The van der Waals surface area contributed by atoms with Crippen LogP contribution in [0, 0.1) is 0 Å². The third-order valence-corrected chi connectivity index (χ3v) is 8.28. The van der Waals surface area contributed by atoms with Crippen molar-refractivity contribution in [3.63, 3.8) is 0 Å². The lowest BCUT2D eigenvalue weighted by molar-refractivity contribution is 0.445. The molecule has 140 valence electrons. The number of thiophene rings is 1. The Kier molecular flexibility index (Phi) is 5.66. The predicted octanol–water partition coefficient (Wildman–Crippen LogP) is 4.35. The van der Waals surface area contributed by atoms with Gasteiger partial charge in [-0.25, -0.2) is 8.42 Å². The van der Waals surface area contributed by atoms with Gasteiger partial charge < -0.3 is 15.7 Å². The third kappa shape index (κ3) is 3.92. The summed E-state index contributed by atoms with van der Waals surface area (Å²) in [5.41, 5.74) is 0.695. The Bertz CT molecular complexity index is 958. The normalized spacial score (nSPS) is 14.5. The maximum absolute atomic E-state index is 12.6. The summed E-state index contributed by atoms with van der Waals surface area (Å²) < 4.78 is 26.3. The number of nitrogens with zero attached hydrogens (tertiary/aromatic N) is 1. The van der Waals surface area contributed by atoms with Crippen molar-refractivity contribution in [2.75, 3.05) is 17.7 Å². The standard InChI is InChI=1S/C15H15Cl2N3O3S3/c1-20(8-5-6-8)26(22,23)14-13(21)11(7-25-14)19-15(24)18-10-4-2-3-9(16)12(10)17/h2-4,7-8,21H,5-6H2,1H3,(H2,18,19,24). The van der Waals surface area contributed by atoms with Crippen molar-refractivity contribution in [2.24, 2.45) is 0 Å². The first-order valence-corrected chi connectivity index (χ1v) is 11.0. The van der Waals surface area contributed by atoms with Crippen molar-refractivity contribution in [3.8, 4) is 5.75 Å². The van der Waals surface area contributed by atoms with Gasteiger partial charge in [0.05, 0.1) is 21.4 Å². The molecule has 1 heterocycles. The average Bonchev–Trinajstić information content (AvgIpc) is 3.36. The monoisotopic (exact) mass is 451 g/mol. The van der Waals surface area contributed by atoms with Gasteiger partial charge in [-0.15, -0.1) is 11.3 Å². The third-order valence-electron chi connectivity index (χ3n) is 3.85. The van der Waals surface area contributed by atoms with E-state index in [2.05, 4.69) is 10.6 Å². The molecule has 3 rings (SSSR count). The molecule has 1 saturated carbocycles. The Hall–Kier alpha value is -1.10. The first-order valence-electron chi connectivity index (χ1n) is 7.52. The van der Waals surface area contributed by atoms with E-state index in [0.29, 0.717) is 15.7 Å². The highest BCUT2D eigenvalue weighted by molar-refractivity contribution is 7.91. The lowest BCUT2D eigenvalue weighted by Crippen LogP contribution is -2.28. The van der Waals surface area contributed by atoms with E-state index in [9.17, 15) is 13.5 Å². The summed E-state index contributed by atoms with van der Waals surface area (Å²) in [4.78, 5) is 0. The molecule has 1 aromatic heterocycles. The second kappa shape index (κ2) is 7.49. The molecule has 0 amide bonds. The van der Waals surface area contributed by atoms with Gasteiger partial charge in [-0.2, -0.15) is 4.31 Å². The van der Waals surface area contributed by atoms with Gasteiger partial charge in [-0.3, -0.25) is 0 Å². The molecule has 6 nitrogen and oxygen atoms in total. The Labute approximate surface area is 170 Å². The molecule has 11 heteroatoms. The number of benzene rings is 1. The van der Waals surface area contributed by atoms with Crippen LogP contribution in [0.2, 0.25) is 10.0 Å². The van der Waals surface area contributed by atoms with Gasteiger partial charge >= 0.3 is 0 Å². The number of anilines is 2. The van der Waals surface area contributed by atoms with E-state index in [1.807, 2.05) is 0 Å². The molecule has 2 aromatic rings. The molecule has 0 aliphatic heterocycles. The zero-order valence-corrected chi connectivity index (χ0v) is 17.5. The molecular weight excluding hydrogens is 437 g/mol. The van der Waals surface area contributed by atoms with Gasteiger partial charge in [-0.1, -0.05) is 29.3 Å². The van der Waals surface area contributed by atoms with Crippen LogP contribution < -0.4 is 10.6 Å². The highest BCUT2D eigenvalue weighted by Gasteiger charge is 2.37. The van der Waals surface area contributed by atoms with Crippen molar-refractivity contribution in [3.05, 3.63) is 33.6 Å². The molecule has 1 aliphatic rings. The van der Waals surface area contributed by atoms with Gasteiger partial charge in [0.2, 0.25) is 0 Å². The van der Waals surface area contributed by atoms with E-state index in [1.165, 1.54) is 16.7 Å². The summed E-state index contributed by atoms with van der Waals surface area (Å²) in [7, 11) is -2.21. The lowest BCUT2D eigenvalue weighted by atomic mass is 10.3. The first-order chi connectivity index (χ1) is 12.2. The number of hydrogen-bond acceptors (Lipinski definition) is 5. The maximum atomic E-state index is 12.6. The zero-order valence-electron chi connectivity index (χ0n) is 13.5. The van der Waals surface area contributed by atoms with E-state index in [4.69, 9.17) is 35.4 Å². The molecule has 0 bridgehead atoms. The molecule has 1 aliphatic carbocycles. The Morgan fingerprint density at radius 1 is 1.31 bits per heavy atom. The van der Waals surface area contributed by atoms with E-state index in [0.717, 1.165) is 24.2 Å². The number of aromatic hydroxyl groups is 1. The minimum absolute atomic E-state index is 0.00521. The summed E-state index contributed by atoms with van der Waals surface area (Å²) in [5.74, 6) is -0.358. The average molecular weight is 452 g/mol. The fraction of sp³-hybridized carbons (Fsp3) is 0.267. The molecule has 26 heavy (non-hydrogen) atoms. The fourth-order valence-electron chi connectivity index (χ4n) is 2.25. The van der Waals surface area contributed by atoms with E-state index in [-0.39, 0.29) is 26.8 Å². The molecule has 3 N–H and O–H groups in total. The fourth-order valence-corrected chi connectivity index (χ4v) is 5.63. The van der Waals surface area contributed by atoms with Gasteiger partial charge in [0.25, 0.3) is 10.0 Å². The van der Waals surface area contributed by atoms with Crippen molar-refractivity contribution < 1.29 is 13.5 Å². The van der Waals surface area contributed by atoms with Gasteiger partial charge in [0.15, 0.2) is 15.1 Å². The van der Waals surface area contributed by atoms with E-state index >= 15 is 0 Å². The van der Waals surface area contributed by atoms with Gasteiger partial charge in [0, 0.05) is 18.5 Å². The Balaban J connectivity index is 1.76. The molecule has 0 atom stereocenters. The number of thiocarbonyl (C=S) groups is 1. The molecule has 1 aromatic carbocycles. The first kappa shape index (κ1) is 19.7. The summed E-state index contributed by atoms with van der Waals surface area (Å²) in [6.07, 6.45) is 1.67. The predicted molar refractivity (Wildman–Crippen MR) is 110 cm³/mol. The lowest BCUT2D eigenvalue weighted by Gasteiger charge is -2.15. The summed E-state index contributed by atoms with van der Waals surface area (Å²) in [6.45, 7) is 0. The topological polar surface area (TPSA) is 81.7 Å². The van der Waals surface area contributed by atoms with Crippen molar-refractivity contribution in [1.29, 1.82) is 0 Å². The number of nitrogens with one attached hydrogen (secondary N) is 2. The second-order valence-corrected chi connectivity index (χ2v) is 9.98. The van der Waals surface area contributed by atoms with Crippen LogP contribution in [0.4, 0.5) is 11.4 Å². The van der Waals surface area contributed by atoms with Crippen LogP contribution in [0.25, 0.3) is 0 Å². The Morgan fingerprint density at radius 2 is 1.96 bits per heavy atom. The molecular formula is C15H15Cl2N3O3S3. The van der Waals surface area contributed by atoms with Crippen LogP contribution in [0.1, 0.15) is 12.8 Å². The van der Waals surface area contributed by atoms with Crippen LogP contribution in [0.15, 0.2) is 27.8 Å². The number of halogens is 2. The number of rotatable bonds is 5. The largest absolute Gasteiger partial charge is 0.504 e. The number of hydrogen-bond donors (Lipinski definition) is 3. The highest BCUT2D eigenvalue weighted by atomic mass is 35.5. The van der Waals surface area contributed by atoms with E-state index in [1.54, 1.807) is 18.2 Å². The minimum atomic E-state index is -3.73. The minimum Gasteiger partial charge on any atom is -0.504 e. The van der Waals surface area contributed by atoms with Crippen LogP contribution >= 0.6 is 46.8 Å². The number of sulfonamides is 1. The van der Waals surface area contributed by atoms with E-state index < -0.39 is 10.0 Å². The van der Waals surface area contributed by atoms with Crippen LogP contribution in [-0.2, 0) is 10.0 Å². The van der Waals surface area contributed by atoms with Crippen LogP contribution in [0.5, 0.6) is 5.75 Å². The molecule has 0 unspecified atom stereocenters.